The second kappa shape index (κ2) is 5.53. The maximum absolute atomic E-state index is 4.83. The highest BCUT2D eigenvalue weighted by Crippen LogP contribution is 2.20. The van der Waals surface area contributed by atoms with Crippen LogP contribution in [0.5, 0.6) is 0 Å². The molecule has 2 aromatic heterocycles. The van der Waals surface area contributed by atoms with Gasteiger partial charge in [0.05, 0.1) is 12.2 Å². The molecule has 0 radical (unpaired) electrons. The van der Waals surface area contributed by atoms with Crippen LogP contribution in [-0.4, -0.2) is 21.3 Å². The van der Waals surface area contributed by atoms with Crippen LogP contribution in [0.2, 0.25) is 0 Å². The normalized spacial score (nSPS) is 14.4. The lowest BCUT2D eigenvalue weighted by Gasteiger charge is -2.15. The zero-order valence-corrected chi connectivity index (χ0v) is 11.4. The third kappa shape index (κ3) is 2.54. The van der Waals surface area contributed by atoms with E-state index in [1.807, 2.05) is 12.4 Å². The fraction of sp³-hybridized carbons (Fsp3) is 0.467. The summed E-state index contributed by atoms with van der Waals surface area (Å²) in [6.45, 7) is 5.10. The van der Waals surface area contributed by atoms with Gasteiger partial charge in [0, 0.05) is 43.2 Å². The van der Waals surface area contributed by atoms with Gasteiger partial charge in [-0.05, 0) is 24.1 Å². The Labute approximate surface area is 113 Å². The molecule has 0 fully saturated rings. The van der Waals surface area contributed by atoms with E-state index in [0.29, 0.717) is 0 Å². The Bertz CT molecular complexity index is 545. The van der Waals surface area contributed by atoms with Gasteiger partial charge in [-0.25, -0.2) is 0 Å². The lowest BCUT2D eigenvalue weighted by Crippen LogP contribution is -2.25. The van der Waals surface area contributed by atoms with Crippen LogP contribution in [-0.2, 0) is 25.9 Å². The summed E-state index contributed by atoms with van der Waals surface area (Å²) in [5.41, 5.74) is 5.39. The van der Waals surface area contributed by atoms with E-state index in [1.54, 1.807) is 0 Å². The van der Waals surface area contributed by atoms with Gasteiger partial charge in [0.25, 0.3) is 0 Å². The Morgan fingerprint density at radius 2 is 2.16 bits per heavy atom. The summed E-state index contributed by atoms with van der Waals surface area (Å²) in [4.78, 5) is 4.07. The van der Waals surface area contributed by atoms with Gasteiger partial charge in [-0.3, -0.25) is 9.67 Å². The van der Waals surface area contributed by atoms with Crippen LogP contribution in [0.1, 0.15) is 35.9 Å². The molecule has 0 unspecified atom stereocenters. The first kappa shape index (κ1) is 12.4. The fourth-order valence-electron chi connectivity index (χ4n) is 2.72. The number of nitrogens with one attached hydrogen (secondary N) is 1. The Hall–Kier alpha value is -1.68. The molecule has 0 spiro atoms. The van der Waals surface area contributed by atoms with E-state index in [9.17, 15) is 0 Å². The minimum atomic E-state index is 0.856. The van der Waals surface area contributed by atoms with Gasteiger partial charge in [-0.15, -0.1) is 0 Å². The molecule has 1 N–H and O–H groups in total. The molecule has 2 aromatic rings. The molecule has 0 saturated heterocycles. The minimum Gasteiger partial charge on any atom is -0.312 e. The molecule has 4 heteroatoms. The summed E-state index contributed by atoms with van der Waals surface area (Å²) in [7, 11) is 0. The quantitative estimate of drug-likeness (QED) is 0.909. The number of pyridine rings is 1. The average molecular weight is 256 g/mol. The molecule has 1 aliphatic rings. The van der Waals surface area contributed by atoms with Crippen molar-refractivity contribution in [3.8, 4) is 0 Å². The van der Waals surface area contributed by atoms with Crippen molar-refractivity contribution >= 4 is 0 Å². The minimum absolute atomic E-state index is 0.856. The van der Waals surface area contributed by atoms with Crippen LogP contribution in [0.25, 0.3) is 0 Å². The number of rotatable bonds is 4. The van der Waals surface area contributed by atoms with E-state index in [2.05, 4.69) is 34.0 Å². The zero-order chi connectivity index (χ0) is 13.1. The Kier molecular flexibility index (Phi) is 3.60. The molecule has 3 rings (SSSR count). The lowest BCUT2D eigenvalue weighted by atomic mass is 10.0. The molecule has 0 saturated carbocycles. The van der Waals surface area contributed by atoms with E-state index in [0.717, 1.165) is 38.9 Å². The molecular formula is C15H20N4. The molecule has 1 aliphatic heterocycles. The maximum atomic E-state index is 4.83. The summed E-state index contributed by atoms with van der Waals surface area (Å²) >= 11 is 0. The first-order valence-electron chi connectivity index (χ1n) is 7.05. The van der Waals surface area contributed by atoms with Crippen molar-refractivity contribution in [2.75, 3.05) is 6.54 Å². The summed E-state index contributed by atoms with van der Waals surface area (Å²) in [5.74, 6) is 0. The Balaban J connectivity index is 1.92. The number of fused-ring (bicyclic) bond motifs is 1. The highest BCUT2D eigenvalue weighted by atomic mass is 15.3. The monoisotopic (exact) mass is 256 g/mol. The van der Waals surface area contributed by atoms with Crippen LogP contribution in [0.4, 0.5) is 0 Å². The summed E-state index contributed by atoms with van der Waals surface area (Å²) in [6.07, 6.45) is 7.00. The lowest BCUT2D eigenvalue weighted by molar-refractivity contribution is 0.582. The third-order valence-electron chi connectivity index (χ3n) is 3.66. The fourth-order valence-corrected chi connectivity index (χ4v) is 2.72. The van der Waals surface area contributed by atoms with Crippen LogP contribution < -0.4 is 5.32 Å². The van der Waals surface area contributed by atoms with E-state index >= 15 is 0 Å². The summed E-state index contributed by atoms with van der Waals surface area (Å²) < 4.78 is 2.19. The highest BCUT2D eigenvalue weighted by Gasteiger charge is 2.19. The molecule has 0 aromatic carbocycles. The Morgan fingerprint density at radius 1 is 1.32 bits per heavy atom. The number of hydrogen-bond acceptors (Lipinski definition) is 3. The SMILES string of the molecule is CCCc1nn(Cc2ccncc2)c2c1CNCC2. The standard InChI is InChI=1S/C15H20N4/c1-2-3-14-13-10-17-9-6-15(13)19(18-14)11-12-4-7-16-8-5-12/h4-5,7-8,17H,2-3,6,9-11H2,1H3. The van der Waals surface area contributed by atoms with Crippen molar-refractivity contribution in [2.24, 2.45) is 0 Å². The molecule has 19 heavy (non-hydrogen) atoms. The predicted octanol–water partition coefficient (Wildman–Crippen LogP) is 1.92. The molecule has 0 amide bonds. The van der Waals surface area contributed by atoms with E-state index in [1.165, 1.54) is 22.5 Å². The number of aromatic nitrogens is 3. The van der Waals surface area contributed by atoms with Crippen LogP contribution in [0.15, 0.2) is 24.5 Å². The molecular weight excluding hydrogens is 236 g/mol. The summed E-state index contributed by atoms with van der Waals surface area (Å²) in [6, 6.07) is 4.13. The first-order valence-corrected chi connectivity index (χ1v) is 7.05. The highest BCUT2D eigenvalue weighted by molar-refractivity contribution is 5.29. The third-order valence-corrected chi connectivity index (χ3v) is 3.66. The number of hydrogen-bond donors (Lipinski definition) is 1. The smallest absolute Gasteiger partial charge is 0.0672 e. The van der Waals surface area contributed by atoms with E-state index < -0.39 is 0 Å². The zero-order valence-electron chi connectivity index (χ0n) is 11.4. The van der Waals surface area contributed by atoms with Crippen molar-refractivity contribution < 1.29 is 0 Å². The van der Waals surface area contributed by atoms with Crippen molar-refractivity contribution in [3.63, 3.8) is 0 Å². The maximum Gasteiger partial charge on any atom is 0.0672 e. The van der Waals surface area contributed by atoms with Crippen molar-refractivity contribution in [2.45, 2.75) is 39.3 Å². The Morgan fingerprint density at radius 3 is 2.95 bits per heavy atom. The second-order valence-electron chi connectivity index (χ2n) is 5.06. The van der Waals surface area contributed by atoms with Crippen LogP contribution in [0.3, 0.4) is 0 Å². The van der Waals surface area contributed by atoms with Gasteiger partial charge < -0.3 is 5.32 Å². The van der Waals surface area contributed by atoms with Crippen molar-refractivity contribution in [1.82, 2.24) is 20.1 Å². The van der Waals surface area contributed by atoms with Gasteiger partial charge >= 0.3 is 0 Å². The topological polar surface area (TPSA) is 42.7 Å². The molecule has 3 heterocycles. The molecule has 0 atom stereocenters. The van der Waals surface area contributed by atoms with Crippen LogP contribution >= 0.6 is 0 Å². The molecule has 0 aliphatic carbocycles. The first-order chi connectivity index (χ1) is 9.38. The van der Waals surface area contributed by atoms with Gasteiger partial charge in [0.1, 0.15) is 0 Å². The molecule has 100 valence electrons. The molecule has 0 bridgehead atoms. The summed E-state index contributed by atoms with van der Waals surface area (Å²) in [5, 5.41) is 8.29. The van der Waals surface area contributed by atoms with Gasteiger partial charge in [0.2, 0.25) is 0 Å². The second-order valence-corrected chi connectivity index (χ2v) is 5.06. The average Bonchev–Trinajstić information content (AvgIpc) is 2.79. The van der Waals surface area contributed by atoms with Crippen LogP contribution in [0, 0.1) is 0 Å². The molecule has 4 nitrogen and oxygen atoms in total. The number of aryl methyl sites for hydroxylation is 1. The van der Waals surface area contributed by atoms with Gasteiger partial charge in [-0.1, -0.05) is 13.3 Å². The van der Waals surface area contributed by atoms with Crippen molar-refractivity contribution in [1.29, 1.82) is 0 Å². The van der Waals surface area contributed by atoms with E-state index in [-0.39, 0.29) is 0 Å². The van der Waals surface area contributed by atoms with Gasteiger partial charge in [0.15, 0.2) is 0 Å². The van der Waals surface area contributed by atoms with E-state index in [4.69, 9.17) is 5.10 Å². The van der Waals surface area contributed by atoms with Gasteiger partial charge in [-0.2, -0.15) is 5.10 Å². The number of nitrogens with zero attached hydrogens (tertiary/aromatic N) is 3. The van der Waals surface area contributed by atoms with Crippen molar-refractivity contribution in [3.05, 3.63) is 47.0 Å². The largest absolute Gasteiger partial charge is 0.312 e. The predicted molar refractivity (Wildman–Crippen MR) is 75.0 cm³/mol.